The first-order valence-corrected chi connectivity index (χ1v) is 4.91. The zero-order valence-electron chi connectivity index (χ0n) is 8.73. The van der Waals surface area contributed by atoms with E-state index in [1.54, 1.807) is 17.1 Å². The molecular weight excluding hydrogens is 186 g/mol. The Labute approximate surface area is 89.5 Å². The van der Waals surface area contributed by atoms with E-state index < -0.39 is 0 Å². The van der Waals surface area contributed by atoms with Crippen LogP contribution in [-0.2, 0) is 11.3 Å². The Kier molecular flexibility index (Phi) is 2.42. The molecule has 0 radical (unpaired) electrons. The summed E-state index contributed by atoms with van der Waals surface area (Å²) in [6.07, 6.45) is 3.30. The van der Waals surface area contributed by atoms with Crippen molar-refractivity contribution in [3.05, 3.63) is 59.8 Å². The first-order valence-electron chi connectivity index (χ1n) is 4.91. The van der Waals surface area contributed by atoms with Crippen LogP contribution in [0.1, 0.15) is 11.1 Å². The molecule has 15 heavy (non-hydrogen) atoms. The van der Waals surface area contributed by atoms with E-state index in [1.807, 2.05) is 31.2 Å². The van der Waals surface area contributed by atoms with Crippen LogP contribution in [-0.4, -0.2) is 10.8 Å². The van der Waals surface area contributed by atoms with E-state index in [0.29, 0.717) is 6.54 Å². The summed E-state index contributed by atoms with van der Waals surface area (Å²) in [5, 5.41) is 0. The largest absolute Gasteiger partial charge is 0.305 e. The van der Waals surface area contributed by atoms with Crippen molar-refractivity contribution in [2.45, 2.75) is 13.5 Å². The molecule has 1 amide bonds. The van der Waals surface area contributed by atoms with Crippen molar-refractivity contribution >= 4 is 5.91 Å². The van der Waals surface area contributed by atoms with Crippen molar-refractivity contribution in [2.24, 2.45) is 0 Å². The van der Waals surface area contributed by atoms with E-state index in [1.165, 1.54) is 5.56 Å². The Morgan fingerprint density at radius 3 is 2.40 bits per heavy atom. The summed E-state index contributed by atoms with van der Waals surface area (Å²) in [5.41, 5.74) is 3.11. The van der Waals surface area contributed by atoms with Crippen LogP contribution in [0.25, 0.3) is 0 Å². The van der Waals surface area contributed by atoms with Crippen molar-refractivity contribution in [3.8, 4) is 0 Å². The van der Waals surface area contributed by atoms with Crippen LogP contribution < -0.4 is 0 Å². The SMILES string of the molecule is C=C1C=CC(=O)N1Cc1ccc(C)cc1. The van der Waals surface area contributed by atoms with Crippen LogP contribution in [0.15, 0.2) is 48.7 Å². The predicted molar refractivity (Wildman–Crippen MR) is 60.0 cm³/mol. The minimum absolute atomic E-state index is 0.0144. The number of amides is 1. The van der Waals surface area contributed by atoms with Crippen molar-refractivity contribution in [3.63, 3.8) is 0 Å². The fraction of sp³-hybridized carbons (Fsp3) is 0.154. The molecule has 1 heterocycles. The minimum Gasteiger partial charge on any atom is -0.305 e. The van der Waals surface area contributed by atoms with Crippen LogP contribution in [0.4, 0.5) is 0 Å². The van der Waals surface area contributed by atoms with E-state index in [4.69, 9.17) is 0 Å². The number of nitrogens with zero attached hydrogens (tertiary/aromatic N) is 1. The van der Waals surface area contributed by atoms with Gasteiger partial charge >= 0.3 is 0 Å². The van der Waals surface area contributed by atoms with Gasteiger partial charge in [-0.25, -0.2) is 0 Å². The Bertz CT molecular complexity index is 410. The zero-order valence-corrected chi connectivity index (χ0v) is 8.73. The fourth-order valence-corrected chi connectivity index (χ4v) is 1.54. The predicted octanol–water partition coefficient (Wildman–Crippen LogP) is 2.41. The molecule has 0 spiro atoms. The maximum Gasteiger partial charge on any atom is 0.251 e. The number of hydrogen-bond donors (Lipinski definition) is 0. The van der Waals surface area contributed by atoms with Gasteiger partial charge in [0, 0.05) is 11.8 Å². The zero-order chi connectivity index (χ0) is 10.8. The molecule has 0 N–H and O–H groups in total. The second-order valence-electron chi connectivity index (χ2n) is 3.73. The highest BCUT2D eigenvalue weighted by atomic mass is 16.2. The topological polar surface area (TPSA) is 20.3 Å². The number of carbonyl (C=O) groups is 1. The van der Waals surface area contributed by atoms with Crippen molar-refractivity contribution < 1.29 is 4.79 Å². The number of hydrogen-bond acceptors (Lipinski definition) is 1. The lowest BCUT2D eigenvalue weighted by molar-refractivity contribution is -0.123. The molecular formula is C13H13NO. The molecule has 1 aromatic rings. The molecule has 1 aliphatic heterocycles. The average Bonchev–Trinajstić information content (AvgIpc) is 2.53. The number of aryl methyl sites for hydroxylation is 1. The van der Waals surface area contributed by atoms with Crippen LogP contribution in [0.2, 0.25) is 0 Å². The molecule has 0 unspecified atom stereocenters. The third-order valence-corrected chi connectivity index (χ3v) is 2.49. The van der Waals surface area contributed by atoms with Crippen LogP contribution in [0.5, 0.6) is 0 Å². The molecule has 0 atom stereocenters. The van der Waals surface area contributed by atoms with Gasteiger partial charge in [0.1, 0.15) is 0 Å². The maximum absolute atomic E-state index is 11.4. The molecule has 76 valence electrons. The van der Waals surface area contributed by atoms with E-state index in [0.717, 1.165) is 11.3 Å². The van der Waals surface area contributed by atoms with Gasteiger partial charge in [-0.05, 0) is 18.6 Å². The summed E-state index contributed by atoms with van der Waals surface area (Å²) >= 11 is 0. The average molecular weight is 199 g/mol. The van der Waals surface area contributed by atoms with Crippen molar-refractivity contribution in [1.29, 1.82) is 0 Å². The minimum atomic E-state index is 0.0144. The second-order valence-corrected chi connectivity index (χ2v) is 3.73. The van der Waals surface area contributed by atoms with Crippen molar-refractivity contribution in [2.75, 3.05) is 0 Å². The van der Waals surface area contributed by atoms with Crippen molar-refractivity contribution in [1.82, 2.24) is 4.90 Å². The number of carbonyl (C=O) groups excluding carboxylic acids is 1. The summed E-state index contributed by atoms with van der Waals surface area (Å²) in [6.45, 7) is 6.47. The molecule has 0 saturated heterocycles. The Morgan fingerprint density at radius 2 is 1.87 bits per heavy atom. The Balaban J connectivity index is 2.12. The summed E-state index contributed by atoms with van der Waals surface area (Å²) < 4.78 is 0. The van der Waals surface area contributed by atoms with Gasteiger partial charge in [-0.3, -0.25) is 4.79 Å². The second kappa shape index (κ2) is 3.73. The monoisotopic (exact) mass is 199 g/mol. The molecule has 0 bridgehead atoms. The molecule has 0 aliphatic carbocycles. The van der Waals surface area contributed by atoms with Gasteiger partial charge in [-0.15, -0.1) is 0 Å². The highest BCUT2D eigenvalue weighted by Gasteiger charge is 2.18. The third kappa shape index (κ3) is 1.99. The molecule has 2 nitrogen and oxygen atoms in total. The standard InChI is InChI=1S/C13H13NO/c1-10-3-6-12(7-4-10)9-14-11(2)5-8-13(14)15/h3-8H,2,9H2,1H3. The van der Waals surface area contributed by atoms with E-state index in [9.17, 15) is 4.79 Å². The first-order chi connectivity index (χ1) is 7.16. The van der Waals surface area contributed by atoms with Gasteiger partial charge in [0.05, 0.1) is 6.54 Å². The summed E-state index contributed by atoms with van der Waals surface area (Å²) in [5.74, 6) is 0.0144. The van der Waals surface area contributed by atoms with Gasteiger partial charge in [0.2, 0.25) is 0 Å². The van der Waals surface area contributed by atoms with Crippen LogP contribution in [0.3, 0.4) is 0 Å². The number of benzene rings is 1. The number of rotatable bonds is 2. The Hall–Kier alpha value is -1.83. The quantitative estimate of drug-likeness (QED) is 0.716. The lowest BCUT2D eigenvalue weighted by atomic mass is 10.1. The number of allylic oxidation sites excluding steroid dienone is 1. The highest BCUT2D eigenvalue weighted by Crippen LogP contribution is 2.17. The highest BCUT2D eigenvalue weighted by molar-refractivity contribution is 5.92. The van der Waals surface area contributed by atoms with E-state index in [-0.39, 0.29) is 5.91 Å². The fourth-order valence-electron chi connectivity index (χ4n) is 1.54. The van der Waals surface area contributed by atoms with Gasteiger partial charge in [0.25, 0.3) is 5.91 Å². The van der Waals surface area contributed by atoms with Gasteiger partial charge in [-0.1, -0.05) is 36.4 Å². The van der Waals surface area contributed by atoms with Gasteiger partial charge < -0.3 is 4.90 Å². The summed E-state index contributed by atoms with van der Waals surface area (Å²) in [6, 6.07) is 8.17. The summed E-state index contributed by atoms with van der Waals surface area (Å²) in [4.78, 5) is 13.1. The lowest BCUT2D eigenvalue weighted by Gasteiger charge is -2.17. The normalized spacial score (nSPS) is 15.1. The molecule has 0 saturated carbocycles. The molecule has 1 aliphatic rings. The van der Waals surface area contributed by atoms with Gasteiger partial charge in [-0.2, -0.15) is 0 Å². The molecule has 2 rings (SSSR count). The molecule has 1 aromatic carbocycles. The molecule has 2 heteroatoms. The van der Waals surface area contributed by atoms with Gasteiger partial charge in [0.15, 0.2) is 0 Å². The van der Waals surface area contributed by atoms with Crippen LogP contribution >= 0.6 is 0 Å². The molecule has 0 aromatic heterocycles. The molecule has 0 fully saturated rings. The maximum atomic E-state index is 11.4. The smallest absolute Gasteiger partial charge is 0.251 e. The first kappa shape index (κ1) is 9.71. The van der Waals surface area contributed by atoms with E-state index >= 15 is 0 Å². The lowest BCUT2D eigenvalue weighted by Crippen LogP contribution is -2.22. The van der Waals surface area contributed by atoms with Crippen LogP contribution in [0, 0.1) is 6.92 Å². The third-order valence-electron chi connectivity index (χ3n) is 2.49. The van der Waals surface area contributed by atoms with E-state index in [2.05, 4.69) is 6.58 Å². The summed E-state index contributed by atoms with van der Waals surface area (Å²) in [7, 11) is 0. The Morgan fingerprint density at radius 1 is 1.20 bits per heavy atom.